The van der Waals surface area contributed by atoms with E-state index in [-0.39, 0.29) is 5.56 Å². The molecule has 0 atom stereocenters. The van der Waals surface area contributed by atoms with Gasteiger partial charge in [0.15, 0.2) is 16.7 Å². The van der Waals surface area contributed by atoms with Crippen LogP contribution in [0.2, 0.25) is 0 Å². The Bertz CT molecular complexity index is 1340. The summed E-state index contributed by atoms with van der Waals surface area (Å²) in [6.07, 6.45) is 0. The predicted molar refractivity (Wildman–Crippen MR) is 134 cm³/mol. The lowest BCUT2D eigenvalue weighted by molar-refractivity contribution is 0.326. The first kappa shape index (κ1) is 23.5. The van der Waals surface area contributed by atoms with Crippen LogP contribution in [0.3, 0.4) is 0 Å². The van der Waals surface area contributed by atoms with Crippen molar-refractivity contribution in [3.63, 3.8) is 0 Å². The summed E-state index contributed by atoms with van der Waals surface area (Å²) in [5.41, 5.74) is 2.35. The van der Waals surface area contributed by atoms with Crippen LogP contribution in [0.4, 0.5) is 0 Å². The lowest BCUT2D eigenvalue weighted by Crippen LogP contribution is -2.24. The van der Waals surface area contributed by atoms with Gasteiger partial charge >= 0.3 is 0 Å². The summed E-state index contributed by atoms with van der Waals surface area (Å²) in [6.45, 7) is 0.393. The third kappa shape index (κ3) is 4.68. The maximum absolute atomic E-state index is 13.7. The zero-order chi connectivity index (χ0) is 24.1. The molecule has 1 heterocycles. The largest absolute Gasteiger partial charge is 0.497 e. The Hall–Kier alpha value is -3.65. The van der Waals surface area contributed by atoms with E-state index in [1.54, 1.807) is 17.7 Å². The van der Waals surface area contributed by atoms with Gasteiger partial charge in [0, 0.05) is 5.75 Å². The molecule has 0 saturated carbocycles. The maximum atomic E-state index is 13.7. The SMILES string of the molecule is COc1ccc(CSc2nc3c(OC)c(OC)c(OC)cc3c(=O)n2Cc2ccccc2)cc1. The molecule has 3 aromatic carbocycles. The lowest BCUT2D eigenvalue weighted by atomic mass is 10.2. The number of benzene rings is 3. The van der Waals surface area contributed by atoms with Crippen LogP contribution in [0.5, 0.6) is 23.0 Å². The van der Waals surface area contributed by atoms with Crippen LogP contribution in [0, 0.1) is 0 Å². The van der Waals surface area contributed by atoms with Crippen LogP contribution in [-0.2, 0) is 12.3 Å². The van der Waals surface area contributed by atoms with Gasteiger partial charge in [0.05, 0.1) is 40.4 Å². The fraction of sp³-hybridized carbons (Fsp3) is 0.231. The van der Waals surface area contributed by atoms with Crippen LogP contribution >= 0.6 is 11.8 Å². The number of ether oxygens (including phenoxy) is 4. The molecular weight excluding hydrogens is 452 g/mol. The van der Waals surface area contributed by atoms with Crippen molar-refractivity contribution in [3.05, 3.63) is 82.1 Å². The van der Waals surface area contributed by atoms with Crippen molar-refractivity contribution in [1.82, 2.24) is 9.55 Å². The van der Waals surface area contributed by atoms with E-state index in [9.17, 15) is 4.79 Å². The summed E-state index contributed by atoms with van der Waals surface area (Å²) in [5.74, 6) is 2.61. The molecule has 0 radical (unpaired) electrons. The predicted octanol–water partition coefficient (Wildman–Crippen LogP) is 4.77. The molecule has 7 nitrogen and oxygen atoms in total. The standard InChI is InChI=1S/C26H26N2O5S/c1-30-19-12-10-18(11-13-19)16-34-26-27-22-20(14-21(31-2)23(32-3)24(22)33-4)25(29)28(26)15-17-8-6-5-7-9-17/h5-14H,15-16H2,1-4H3. The highest BCUT2D eigenvalue weighted by molar-refractivity contribution is 7.98. The number of nitrogens with zero attached hydrogens (tertiary/aromatic N) is 2. The van der Waals surface area contributed by atoms with Gasteiger partial charge in [-0.2, -0.15) is 0 Å². The first-order chi connectivity index (χ1) is 16.6. The van der Waals surface area contributed by atoms with Crippen LogP contribution in [-0.4, -0.2) is 38.0 Å². The van der Waals surface area contributed by atoms with Crippen molar-refractivity contribution in [2.24, 2.45) is 0 Å². The van der Waals surface area contributed by atoms with Gasteiger partial charge in [-0.15, -0.1) is 0 Å². The molecule has 0 fully saturated rings. The Morgan fingerprint density at radius 2 is 1.53 bits per heavy atom. The molecule has 0 aliphatic rings. The summed E-state index contributed by atoms with van der Waals surface area (Å²) in [6, 6.07) is 19.3. The molecular formula is C26H26N2O5S. The van der Waals surface area contributed by atoms with E-state index < -0.39 is 0 Å². The number of aromatic nitrogens is 2. The fourth-order valence-corrected chi connectivity index (χ4v) is 4.64. The van der Waals surface area contributed by atoms with Crippen molar-refractivity contribution in [1.29, 1.82) is 0 Å². The number of fused-ring (bicyclic) bond motifs is 1. The Kier molecular flexibility index (Phi) is 7.27. The van der Waals surface area contributed by atoms with Gasteiger partial charge in [-0.3, -0.25) is 9.36 Å². The molecule has 1 aromatic heterocycles. The van der Waals surface area contributed by atoms with Gasteiger partial charge in [-0.25, -0.2) is 4.98 Å². The van der Waals surface area contributed by atoms with Crippen LogP contribution in [0.25, 0.3) is 10.9 Å². The van der Waals surface area contributed by atoms with Crippen molar-refractivity contribution >= 4 is 22.7 Å². The van der Waals surface area contributed by atoms with Gasteiger partial charge in [-0.05, 0) is 29.3 Å². The van der Waals surface area contributed by atoms with E-state index >= 15 is 0 Å². The van der Waals surface area contributed by atoms with Gasteiger partial charge in [-0.1, -0.05) is 54.2 Å². The number of hydrogen-bond donors (Lipinski definition) is 0. The Morgan fingerprint density at radius 3 is 2.15 bits per heavy atom. The number of methoxy groups -OCH3 is 4. The number of thioether (sulfide) groups is 1. The van der Waals surface area contributed by atoms with Crippen molar-refractivity contribution in [2.45, 2.75) is 17.5 Å². The normalized spacial score (nSPS) is 10.8. The van der Waals surface area contributed by atoms with Crippen molar-refractivity contribution < 1.29 is 18.9 Å². The first-order valence-electron chi connectivity index (χ1n) is 10.6. The quantitative estimate of drug-likeness (QED) is 0.253. The zero-order valence-corrected chi connectivity index (χ0v) is 20.3. The number of hydrogen-bond acceptors (Lipinski definition) is 7. The van der Waals surface area contributed by atoms with E-state index in [4.69, 9.17) is 23.9 Å². The maximum Gasteiger partial charge on any atom is 0.262 e. The number of rotatable bonds is 9. The van der Waals surface area contributed by atoms with E-state index in [0.717, 1.165) is 16.9 Å². The smallest absolute Gasteiger partial charge is 0.262 e. The Balaban J connectivity index is 1.85. The molecule has 0 bridgehead atoms. The summed E-state index contributed by atoms with van der Waals surface area (Å²) < 4.78 is 23.5. The van der Waals surface area contributed by atoms with Gasteiger partial charge < -0.3 is 18.9 Å². The van der Waals surface area contributed by atoms with Gasteiger partial charge in [0.2, 0.25) is 5.75 Å². The van der Waals surface area contributed by atoms with Crippen LogP contribution < -0.4 is 24.5 Å². The van der Waals surface area contributed by atoms with Gasteiger partial charge in [0.1, 0.15) is 11.3 Å². The first-order valence-corrected chi connectivity index (χ1v) is 11.6. The molecule has 0 amide bonds. The highest BCUT2D eigenvalue weighted by atomic mass is 32.2. The summed E-state index contributed by atoms with van der Waals surface area (Å²) in [4.78, 5) is 18.6. The fourth-order valence-electron chi connectivity index (χ4n) is 3.69. The van der Waals surface area contributed by atoms with E-state index in [0.29, 0.717) is 45.6 Å². The zero-order valence-electron chi connectivity index (χ0n) is 19.5. The van der Waals surface area contributed by atoms with Gasteiger partial charge in [0.25, 0.3) is 5.56 Å². The lowest BCUT2D eigenvalue weighted by Gasteiger charge is -2.17. The molecule has 0 unspecified atom stereocenters. The van der Waals surface area contributed by atoms with E-state index in [1.165, 1.54) is 33.1 Å². The molecule has 8 heteroatoms. The third-order valence-electron chi connectivity index (χ3n) is 5.43. The van der Waals surface area contributed by atoms with E-state index in [2.05, 4.69) is 0 Å². The second-order valence-corrected chi connectivity index (χ2v) is 8.39. The average Bonchev–Trinajstić information content (AvgIpc) is 2.89. The topological polar surface area (TPSA) is 71.8 Å². The molecule has 0 saturated heterocycles. The third-order valence-corrected chi connectivity index (χ3v) is 6.48. The molecule has 0 aliphatic carbocycles. The molecule has 0 N–H and O–H groups in total. The summed E-state index contributed by atoms with van der Waals surface area (Å²) in [7, 11) is 6.22. The summed E-state index contributed by atoms with van der Waals surface area (Å²) >= 11 is 1.49. The average molecular weight is 479 g/mol. The molecule has 176 valence electrons. The van der Waals surface area contributed by atoms with E-state index in [1.807, 2.05) is 54.6 Å². The Morgan fingerprint density at radius 1 is 0.824 bits per heavy atom. The van der Waals surface area contributed by atoms with Crippen LogP contribution in [0.15, 0.2) is 70.6 Å². The molecule has 0 aliphatic heterocycles. The Labute approximate surface area is 202 Å². The minimum Gasteiger partial charge on any atom is -0.497 e. The van der Waals surface area contributed by atoms with Crippen LogP contribution in [0.1, 0.15) is 11.1 Å². The second-order valence-electron chi connectivity index (χ2n) is 7.45. The van der Waals surface area contributed by atoms with Crippen molar-refractivity contribution in [3.8, 4) is 23.0 Å². The molecule has 4 aromatic rings. The molecule has 34 heavy (non-hydrogen) atoms. The highest BCUT2D eigenvalue weighted by Gasteiger charge is 2.22. The monoisotopic (exact) mass is 478 g/mol. The highest BCUT2D eigenvalue weighted by Crippen LogP contribution is 2.42. The molecule has 0 spiro atoms. The molecule has 4 rings (SSSR count). The summed E-state index contributed by atoms with van der Waals surface area (Å²) in [5, 5.41) is 0.988. The minimum absolute atomic E-state index is 0.176. The second kappa shape index (κ2) is 10.5. The minimum atomic E-state index is -0.176. The van der Waals surface area contributed by atoms with Crippen molar-refractivity contribution in [2.75, 3.05) is 28.4 Å².